The molecule has 0 radical (unpaired) electrons. The number of carbonyl (C=O) groups is 1. The third kappa shape index (κ3) is 3.78. The summed E-state index contributed by atoms with van der Waals surface area (Å²) in [6, 6.07) is 0. The molecule has 0 unspecified atom stereocenters. The van der Waals surface area contributed by atoms with Gasteiger partial charge < -0.3 is 15.0 Å². The lowest BCUT2D eigenvalue weighted by molar-refractivity contribution is 0.0788. The Labute approximate surface area is 153 Å². The first-order chi connectivity index (χ1) is 12.1. The van der Waals surface area contributed by atoms with Crippen molar-refractivity contribution in [1.82, 2.24) is 19.9 Å². The predicted molar refractivity (Wildman–Crippen MR) is 100 cm³/mol. The molecule has 0 bridgehead atoms. The fraction of sp³-hybridized carbons (Fsp3) is 0.375. The summed E-state index contributed by atoms with van der Waals surface area (Å²) in [5, 5.41) is 6.09. The number of ether oxygens (including phenoxy) is 1. The van der Waals surface area contributed by atoms with E-state index in [9.17, 15) is 4.79 Å². The molecule has 0 aromatic carbocycles. The summed E-state index contributed by atoms with van der Waals surface area (Å²) in [6.07, 6.45) is 1.51. The van der Waals surface area contributed by atoms with E-state index < -0.39 is 0 Å². The van der Waals surface area contributed by atoms with E-state index >= 15 is 0 Å². The maximum Gasteiger partial charge on any atom is 0.264 e. The maximum atomic E-state index is 12.9. The zero-order valence-corrected chi connectivity index (χ0v) is 15.9. The molecule has 1 amide bonds. The van der Waals surface area contributed by atoms with Crippen LogP contribution in [0.1, 0.15) is 20.9 Å². The molecule has 1 N–H and O–H groups in total. The highest BCUT2D eigenvalue weighted by Crippen LogP contribution is 2.33. The van der Waals surface area contributed by atoms with Gasteiger partial charge in [-0.15, -0.1) is 22.7 Å². The van der Waals surface area contributed by atoms with Crippen LogP contribution in [0.25, 0.3) is 10.2 Å². The summed E-state index contributed by atoms with van der Waals surface area (Å²) in [7, 11) is 3.44. The van der Waals surface area contributed by atoms with Crippen molar-refractivity contribution in [2.75, 3.05) is 32.6 Å². The van der Waals surface area contributed by atoms with Gasteiger partial charge >= 0.3 is 0 Å². The fourth-order valence-corrected chi connectivity index (χ4v) is 4.18. The lowest BCUT2D eigenvalue weighted by atomic mass is 10.2. The predicted octanol–water partition coefficient (Wildman–Crippen LogP) is 2.79. The van der Waals surface area contributed by atoms with Gasteiger partial charge in [0.1, 0.15) is 17.0 Å². The second kappa shape index (κ2) is 7.85. The Kier molecular flexibility index (Phi) is 5.57. The molecule has 132 valence electrons. The van der Waals surface area contributed by atoms with Crippen molar-refractivity contribution in [3.8, 4) is 0 Å². The van der Waals surface area contributed by atoms with Crippen LogP contribution in [0.3, 0.4) is 0 Å². The summed E-state index contributed by atoms with van der Waals surface area (Å²) in [5.74, 6) is 0.702. The van der Waals surface area contributed by atoms with Crippen LogP contribution in [0, 0.1) is 6.92 Å². The Balaban J connectivity index is 1.87. The van der Waals surface area contributed by atoms with Crippen molar-refractivity contribution in [3.05, 3.63) is 33.4 Å². The Morgan fingerprint density at radius 3 is 2.92 bits per heavy atom. The molecule has 9 heteroatoms. The van der Waals surface area contributed by atoms with Gasteiger partial charge in [0.05, 0.1) is 34.6 Å². The Bertz CT molecular complexity index is 863. The van der Waals surface area contributed by atoms with Gasteiger partial charge in [-0.05, 0) is 12.5 Å². The van der Waals surface area contributed by atoms with Gasteiger partial charge in [-0.1, -0.05) is 0 Å². The smallest absolute Gasteiger partial charge is 0.264 e. The SMILES string of the molecule is COCCNc1ncnc2sc(C(=O)N(C)Cc3cscn3)c(C)c12. The quantitative estimate of drug-likeness (QED) is 0.638. The van der Waals surface area contributed by atoms with Crippen LogP contribution >= 0.6 is 22.7 Å². The van der Waals surface area contributed by atoms with Gasteiger partial charge in [0.2, 0.25) is 0 Å². The van der Waals surface area contributed by atoms with Crippen LogP contribution in [0.15, 0.2) is 17.2 Å². The molecule has 3 aromatic heterocycles. The maximum absolute atomic E-state index is 12.9. The highest BCUT2D eigenvalue weighted by atomic mass is 32.1. The summed E-state index contributed by atoms with van der Waals surface area (Å²) >= 11 is 2.92. The average Bonchev–Trinajstić information content (AvgIpc) is 3.23. The van der Waals surface area contributed by atoms with Crippen LogP contribution in [0.4, 0.5) is 5.82 Å². The first-order valence-corrected chi connectivity index (χ1v) is 9.47. The van der Waals surface area contributed by atoms with Crippen molar-refractivity contribution in [3.63, 3.8) is 0 Å². The number of hydrogen-bond donors (Lipinski definition) is 1. The minimum atomic E-state index is -0.0312. The van der Waals surface area contributed by atoms with E-state index in [0.29, 0.717) is 24.6 Å². The lowest BCUT2D eigenvalue weighted by Gasteiger charge is -2.15. The zero-order chi connectivity index (χ0) is 17.8. The normalized spacial score (nSPS) is 11.0. The molecule has 0 aliphatic rings. The van der Waals surface area contributed by atoms with Gasteiger partial charge in [0.25, 0.3) is 5.91 Å². The molecule has 3 rings (SSSR count). The largest absolute Gasteiger partial charge is 0.383 e. The van der Waals surface area contributed by atoms with Crippen molar-refractivity contribution >= 4 is 44.6 Å². The molecule has 0 saturated heterocycles. The number of anilines is 1. The van der Waals surface area contributed by atoms with Crippen LogP contribution in [-0.4, -0.2) is 53.1 Å². The number of rotatable bonds is 7. The number of amides is 1. The Morgan fingerprint density at radius 1 is 1.36 bits per heavy atom. The number of aromatic nitrogens is 3. The van der Waals surface area contributed by atoms with Gasteiger partial charge in [-0.25, -0.2) is 15.0 Å². The van der Waals surface area contributed by atoms with Gasteiger partial charge in [-0.2, -0.15) is 0 Å². The minimum absolute atomic E-state index is 0.0312. The van der Waals surface area contributed by atoms with Gasteiger partial charge in [0, 0.05) is 26.1 Å². The van der Waals surface area contributed by atoms with Crippen LogP contribution in [-0.2, 0) is 11.3 Å². The molecule has 0 aliphatic carbocycles. The molecule has 0 spiro atoms. The standard InChI is InChI=1S/C16H19N5O2S2/c1-10-12-14(17-4-5-23-3)18-8-19-15(12)25-13(10)16(22)21(2)6-11-7-24-9-20-11/h7-9H,4-6H2,1-3H3,(H,17,18,19). The summed E-state index contributed by atoms with van der Waals surface area (Å²) in [6.45, 7) is 3.65. The van der Waals surface area contributed by atoms with E-state index in [0.717, 1.165) is 27.3 Å². The Hall–Kier alpha value is -2.10. The van der Waals surface area contributed by atoms with Gasteiger partial charge in [0.15, 0.2) is 0 Å². The van der Waals surface area contributed by atoms with Gasteiger partial charge in [-0.3, -0.25) is 4.79 Å². The highest BCUT2D eigenvalue weighted by Gasteiger charge is 2.22. The molecule has 0 aliphatic heterocycles. The fourth-order valence-electron chi connectivity index (χ4n) is 2.48. The second-order valence-corrected chi connectivity index (χ2v) is 7.24. The monoisotopic (exact) mass is 377 g/mol. The second-order valence-electron chi connectivity index (χ2n) is 5.52. The van der Waals surface area contributed by atoms with Crippen LogP contribution < -0.4 is 5.32 Å². The highest BCUT2D eigenvalue weighted by molar-refractivity contribution is 7.20. The minimum Gasteiger partial charge on any atom is -0.383 e. The Morgan fingerprint density at radius 2 is 2.20 bits per heavy atom. The number of aryl methyl sites for hydroxylation is 1. The van der Waals surface area contributed by atoms with Crippen LogP contribution in [0.2, 0.25) is 0 Å². The first kappa shape index (κ1) is 17.7. The number of carbonyl (C=O) groups excluding carboxylic acids is 1. The van der Waals surface area contributed by atoms with E-state index in [1.807, 2.05) is 12.3 Å². The molecule has 3 aromatic rings. The number of nitrogens with one attached hydrogen (secondary N) is 1. The molecule has 0 fully saturated rings. The van der Waals surface area contributed by atoms with Crippen LogP contribution in [0.5, 0.6) is 0 Å². The first-order valence-electron chi connectivity index (χ1n) is 7.71. The summed E-state index contributed by atoms with van der Waals surface area (Å²) in [5.41, 5.74) is 3.56. The number of thiazole rings is 1. The third-order valence-electron chi connectivity index (χ3n) is 3.75. The van der Waals surface area contributed by atoms with E-state index in [-0.39, 0.29) is 5.91 Å². The molecule has 0 saturated carbocycles. The summed E-state index contributed by atoms with van der Waals surface area (Å²) in [4.78, 5) is 28.9. The van der Waals surface area contributed by atoms with E-state index in [1.165, 1.54) is 29.0 Å². The molecule has 7 nitrogen and oxygen atoms in total. The lowest BCUT2D eigenvalue weighted by Crippen LogP contribution is -2.26. The van der Waals surface area contributed by atoms with E-state index in [4.69, 9.17) is 4.74 Å². The van der Waals surface area contributed by atoms with Crippen molar-refractivity contribution in [2.24, 2.45) is 0 Å². The van der Waals surface area contributed by atoms with Crippen molar-refractivity contribution in [1.29, 1.82) is 0 Å². The average molecular weight is 377 g/mol. The number of nitrogens with zero attached hydrogens (tertiary/aromatic N) is 4. The zero-order valence-electron chi connectivity index (χ0n) is 14.3. The molecule has 3 heterocycles. The summed E-state index contributed by atoms with van der Waals surface area (Å²) < 4.78 is 5.06. The van der Waals surface area contributed by atoms with Crippen molar-refractivity contribution in [2.45, 2.75) is 13.5 Å². The molecular weight excluding hydrogens is 358 g/mol. The molecular formula is C16H19N5O2S2. The van der Waals surface area contributed by atoms with E-state index in [2.05, 4.69) is 20.3 Å². The van der Waals surface area contributed by atoms with E-state index in [1.54, 1.807) is 24.6 Å². The third-order valence-corrected chi connectivity index (χ3v) is 5.57. The molecule has 0 atom stereocenters. The topological polar surface area (TPSA) is 80.2 Å². The number of fused-ring (bicyclic) bond motifs is 1. The molecule has 25 heavy (non-hydrogen) atoms. The number of methoxy groups -OCH3 is 1. The number of thiophene rings is 1. The number of hydrogen-bond acceptors (Lipinski definition) is 8. The van der Waals surface area contributed by atoms with Crippen molar-refractivity contribution < 1.29 is 9.53 Å².